The van der Waals surface area contributed by atoms with Gasteiger partial charge in [0.05, 0.1) is 5.56 Å². The van der Waals surface area contributed by atoms with Crippen molar-refractivity contribution in [1.29, 1.82) is 0 Å². The highest BCUT2D eigenvalue weighted by molar-refractivity contribution is 5.94. The third-order valence-corrected chi connectivity index (χ3v) is 2.92. The lowest BCUT2D eigenvalue weighted by atomic mass is 9.96. The number of phenols is 1. The molecule has 0 aliphatic heterocycles. The Hall–Kier alpha value is -2.58. The number of benzene rings is 2. The fourth-order valence-corrected chi connectivity index (χ4v) is 2.10. The van der Waals surface area contributed by atoms with Crippen LogP contribution in [0.5, 0.6) is 11.5 Å². The van der Waals surface area contributed by atoms with Crippen molar-refractivity contribution >= 4 is 17.2 Å². The zero-order valence-corrected chi connectivity index (χ0v) is 15.7. The summed E-state index contributed by atoms with van der Waals surface area (Å²) in [5, 5.41) is 10.6. The monoisotopic (exact) mass is 347 g/mol. The number of fused-ring (bicyclic) bond motifs is 1. The molecule has 0 fully saturated rings. The Kier molecular flexibility index (Phi) is 9.92. The summed E-state index contributed by atoms with van der Waals surface area (Å²) in [7, 11) is 6.00. The van der Waals surface area contributed by atoms with Crippen LogP contribution in [-0.4, -0.2) is 37.6 Å². The van der Waals surface area contributed by atoms with Gasteiger partial charge < -0.3 is 14.7 Å². The van der Waals surface area contributed by atoms with Crippen molar-refractivity contribution in [2.75, 3.05) is 21.1 Å². The lowest BCUT2D eigenvalue weighted by Gasteiger charge is -2.11. The summed E-state index contributed by atoms with van der Waals surface area (Å²) in [5.41, 5.74) is 0.769. The van der Waals surface area contributed by atoms with Gasteiger partial charge >= 0.3 is 0 Å². The molecule has 0 saturated heterocycles. The van der Waals surface area contributed by atoms with Crippen molar-refractivity contribution in [2.24, 2.45) is 0 Å². The number of nitrogens with zero attached hydrogens (tertiary/aromatic N) is 1. The summed E-state index contributed by atoms with van der Waals surface area (Å²) >= 11 is 0. The molecule has 2 rings (SSSR count). The quantitative estimate of drug-likeness (QED) is 0.674. The third kappa shape index (κ3) is 6.09. The zero-order chi connectivity index (χ0) is 19.6. The summed E-state index contributed by atoms with van der Waals surface area (Å²) < 4.78 is 18.6. The molecule has 0 aliphatic rings. The molecule has 0 amide bonds. The van der Waals surface area contributed by atoms with Crippen molar-refractivity contribution in [3.63, 3.8) is 0 Å². The van der Waals surface area contributed by atoms with Crippen LogP contribution in [0, 0.1) is 18.2 Å². The fraction of sp³-hybridized carbons (Fsp3) is 0.350. The molecule has 0 aliphatic carbocycles. The first-order chi connectivity index (χ1) is 11.8. The molecule has 2 aromatic rings. The van der Waals surface area contributed by atoms with Gasteiger partial charge in [0, 0.05) is 5.39 Å². The van der Waals surface area contributed by atoms with E-state index in [4.69, 9.17) is 11.2 Å². The molecule has 2 aromatic carbocycles. The molecule has 25 heavy (non-hydrogen) atoms. The Morgan fingerprint density at radius 3 is 2.28 bits per heavy atom. The molecule has 0 bridgehead atoms. The third-order valence-electron chi connectivity index (χ3n) is 2.92. The predicted molar refractivity (Wildman–Crippen MR) is 101 cm³/mol. The Labute approximate surface area is 149 Å². The highest BCUT2D eigenvalue weighted by Crippen LogP contribution is 2.34. The molecule has 0 saturated carbocycles. The SMILES string of the molecule is C#Cc1c(F)c(O)cc2cc(OC=O)cc(CC)c12.CC.CN(C)C. The van der Waals surface area contributed by atoms with E-state index in [2.05, 4.69) is 5.92 Å². The van der Waals surface area contributed by atoms with E-state index in [1.165, 1.54) is 12.1 Å². The van der Waals surface area contributed by atoms with E-state index in [1.54, 1.807) is 6.07 Å². The average Bonchev–Trinajstić information content (AvgIpc) is 2.57. The smallest absolute Gasteiger partial charge is 0.298 e. The minimum Gasteiger partial charge on any atom is -0.505 e. The van der Waals surface area contributed by atoms with Gasteiger partial charge in [-0.2, -0.15) is 0 Å². The molecule has 0 aromatic heterocycles. The maximum absolute atomic E-state index is 13.8. The number of hydrogen-bond donors (Lipinski definition) is 1. The van der Waals surface area contributed by atoms with Crippen LogP contribution in [0.3, 0.4) is 0 Å². The average molecular weight is 347 g/mol. The maximum atomic E-state index is 13.8. The minimum atomic E-state index is -0.811. The van der Waals surface area contributed by atoms with Crippen molar-refractivity contribution in [3.05, 3.63) is 35.1 Å². The van der Waals surface area contributed by atoms with E-state index in [-0.39, 0.29) is 5.56 Å². The van der Waals surface area contributed by atoms with E-state index < -0.39 is 11.6 Å². The number of phenolic OH excluding ortho intramolecular Hbond substituents is 1. The number of aryl methyl sites for hydroxylation is 1. The van der Waals surface area contributed by atoms with Gasteiger partial charge in [0.1, 0.15) is 5.75 Å². The number of hydrogen-bond acceptors (Lipinski definition) is 4. The molecule has 1 N–H and O–H groups in total. The second kappa shape index (κ2) is 11.1. The molecule has 0 heterocycles. The van der Waals surface area contributed by atoms with Crippen LogP contribution in [0.25, 0.3) is 10.8 Å². The first kappa shape index (κ1) is 22.4. The van der Waals surface area contributed by atoms with Gasteiger partial charge in [-0.3, -0.25) is 4.79 Å². The first-order valence-electron chi connectivity index (χ1n) is 8.01. The largest absolute Gasteiger partial charge is 0.505 e. The highest BCUT2D eigenvalue weighted by Gasteiger charge is 2.15. The van der Waals surface area contributed by atoms with Crippen LogP contribution in [0.4, 0.5) is 4.39 Å². The van der Waals surface area contributed by atoms with E-state index >= 15 is 0 Å². The van der Waals surface area contributed by atoms with Crippen LogP contribution >= 0.6 is 0 Å². The molecule has 0 unspecified atom stereocenters. The second-order valence-corrected chi connectivity index (χ2v) is 5.32. The Bertz CT molecular complexity index is 746. The number of carbonyl (C=O) groups is 1. The van der Waals surface area contributed by atoms with Crippen molar-refractivity contribution in [2.45, 2.75) is 27.2 Å². The summed E-state index contributed by atoms with van der Waals surface area (Å²) in [4.78, 5) is 12.4. The topological polar surface area (TPSA) is 49.8 Å². The number of carbonyl (C=O) groups excluding carboxylic acids is 1. The number of aromatic hydroxyl groups is 1. The van der Waals surface area contributed by atoms with E-state index in [1.807, 2.05) is 46.8 Å². The lowest BCUT2D eigenvalue weighted by molar-refractivity contribution is -0.120. The fourth-order valence-electron chi connectivity index (χ4n) is 2.10. The standard InChI is InChI=1S/C15H11FO3.C3H9N.C2H6/c1-3-9-5-11(19-8-17)6-10-7-13(18)15(16)12(4-2)14(9)10;1-4(2)3;1-2/h2,5-8,18H,3H2,1H3;1-3H3;1-2H3. The molecular weight excluding hydrogens is 321 g/mol. The number of halogens is 1. The summed E-state index contributed by atoms with van der Waals surface area (Å²) in [6.07, 6.45) is 5.91. The summed E-state index contributed by atoms with van der Waals surface area (Å²) in [6.45, 7) is 6.19. The summed E-state index contributed by atoms with van der Waals surface area (Å²) in [6, 6.07) is 4.43. The highest BCUT2D eigenvalue weighted by atomic mass is 19.1. The normalized spacial score (nSPS) is 9.40. The lowest BCUT2D eigenvalue weighted by Crippen LogP contribution is -1.99. The first-order valence-corrected chi connectivity index (χ1v) is 8.01. The van der Waals surface area contributed by atoms with Gasteiger partial charge in [-0.25, -0.2) is 4.39 Å². The predicted octanol–water partition coefficient (Wildman–Crippen LogP) is 3.97. The van der Waals surface area contributed by atoms with Gasteiger partial charge in [-0.1, -0.05) is 26.7 Å². The Morgan fingerprint density at radius 2 is 1.84 bits per heavy atom. The van der Waals surface area contributed by atoms with E-state index in [9.17, 15) is 14.3 Å². The number of rotatable bonds is 3. The molecule has 0 spiro atoms. The molecule has 0 atom stereocenters. The van der Waals surface area contributed by atoms with Crippen LogP contribution in [0.1, 0.15) is 31.9 Å². The Morgan fingerprint density at radius 1 is 1.28 bits per heavy atom. The molecular formula is C20H26FNO3. The Balaban J connectivity index is 0.000000845. The van der Waals surface area contributed by atoms with Crippen molar-refractivity contribution in [3.8, 4) is 23.8 Å². The molecule has 4 nitrogen and oxygen atoms in total. The van der Waals surface area contributed by atoms with Crippen molar-refractivity contribution in [1.82, 2.24) is 4.90 Å². The van der Waals surface area contributed by atoms with Gasteiger partial charge in [0.2, 0.25) is 0 Å². The van der Waals surface area contributed by atoms with Crippen LogP contribution in [0.15, 0.2) is 18.2 Å². The van der Waals surface area contributed by atoms with Crippen LogP contribution in [0.2, 0.25) is 0 Å². The van der Waals surface area contributed by atoms with E-state index in [0.717, 1.165) is 5.56 Å². The minimum absolute atomic E-state index is 0.0181. The van der Waals surface area contributed by atoms with Gasteiger partial charge in [0.25, 0.3) is 6.47 Å². The number of terminal acetylenes is 1. The van der Waals surface area contributed by atoms with E-state index in [0.29, 0.717) is 29.4 Å². The zero-order valence-electron chi connectivity index (χ0n) is 15.7. The van der Waals surface area contributed by atoms with Crippen LogP contribution in [-0.2, 0) is 11.2 Å². The maximum Gasteiger partial charge on any atom is 0.298 e. The molecule has 5 heteroatoms. The second-order valence-electron chi connectivity index (χ2n) is 5.32. The van der Waals surface area contributed by atoms with Gasteiger partial charge in [0.15, 0.2) is 11.6 Å². The number of ether oxygens (including phenoxy) is 1. The summed E-state index contributed by atoms with van der Waals surface area (Å²) in [5.74, 6) is 1.25. The van der Waals surface area contributed by atoms with Gasteiger partial charge in [-0.05, 0) is 56.7 Å². The molecule has 0 radical (unpaired) electrons. The van der Waals surface area contributed by atoms with Crippen LogP contribution < -0.4 is 4.74 Å². The molecule has 136 valence electrons. The van der Waals surface area contributed by atoms with Crippen molar-refractivity contribution < 1.29 is 19.0 Å². The van der Waals surface area contributed by atoms with Gasteiger partial charge in [-0.15, -0.1) is 6.42 Å².